The molecule has 2 rings (SSSR count). The lowest BCUT2D eigenvalue weighted by Gasteiger charge is -2.19. The van der Waals surface area contributed by atoms with Gasteiger partial charge in [-0.3, -0.25) is 0 Å². The summed E-state index contributed by atoms with van der Waals surface area (Å²) in [5.74, 6) is 1.38. The van der Waals surface area contributed by atoms with E-state index in [1.54, 1.807) is 4.80 Å². The van der Waals surface area contributed by atoms with Gasteiger partial charge in [0.2, 0.25) is 0 Å². The van der Waals surface area contributed by atoms with Gasteiger partial charge in [-0.2, -0.15) is 4.80 Å². The van der Waals surface area contributed by atoms with Crippen LogP contribution in [0.3, 0.4) is 0 Å². The molecule has 0 aromatic carbocycles. The van der Waals surface area contributed by atoms with Gasteiger partial charge in [0.1, 0.15) is 0 Å². The summed E-state index contributed by atoms with van der Waals surface area (Å²) >= 11 is 0. The third kappa shape index (κ3) is 2.75. The van der Waals surface area contributed by atoms with E-state index >= 15 is 0 Å². The molecule has 0 amide bonds. The first-order chi connectivity index (χ1) is 7.40. The molecule has 0 aliphatic carbocycles. The minimum atomic E-state index is 0.467. The van der Waals surface area contributed by atoms with Crippen molar-refractivity contribution in [1.29, 1.82) is 0 Å². The number of rotatable bonds is 4. The summed E-state index contributed by atoms with van der Waals surface area (Å²) < 4.78 is 0. The Hall–Kier alpha value is -0.970. The fourth-order valence-corrected chi connectivity index (χ4v) is 1.89. The smallest absolute Gasteiger partial charge is 0.179 e. The molecule has 1 aliphatic heterocycles. The summed E-state index contributed by atoms with van der Waals surface area (Å²) in [7, 11) is 0. The van der Waals surface area contributed by atoms with Crippen LogP contribution >= 0.6 is 0 Å². The van der Waals surface area contributed by atoms with E-state index in [9.17, 15) is 0 Å². The van der Waals surface area contributed by atoms with Crippen LogP contribution in [0.5, 0.6) is 0 Å². The number of tetrazole rings is 1. The summed E-state index contributed by atoms with van der Waals surface area (Å²) in [4.78, 5) is 1.73. The Morgan fingerprint density at radius 2 is 2.47 bits per heavy atom. The molecule has 0 spiro atoms. The van der Waals surface area contributed by atoms with Crippen molar-refractivity contribution in [3.63, 3.8) is 0 Å². The van der Waals surface area contributed by atoms with Crippen molar-refractivity contribution in [3.8, 4) is 0 Å². The van der Waals surface area contributed by atoms with Crippen molar-refractivity contribution in [1.82, 2.24) is 25.5 Å². The summed E-state index contributed by atoms with van der Waals surface area (Å²) in [6.07, 6.45) is 4.70. The van der Waals surface area contributed by atoms with E-state index in [-0.39, 0.29) is 0 Å². The molecule has 1 aromatic heterocycles. The van der Waals surface area contributed by atoms with Crippen LogP contribution in [-0.2, 0) is 6.54 Å². The third-order valence-electron chi connectivity index (χ3n) is 2.84. The molecule has 1 N–H and O–H groups in total. The zero-order valence-corrected chi connectivity index (χ0v) is 9.32. The van der Waals surface area contributed by atoms with Gasteiger partial charge in [0.15, 0.2) is 5.82 Å². The predicted molar refractivity (Wildman–Crippen MR) is 57.6 cm³/mol. The van der Waals surface area contributed by atoms with E-state index in [4.69, 9.17) is 0 Å². The van der Waals surface area contributed by atoms with Crippen molar-refractivity contribution < 1.29 is 0 Å². The first-order valence-corrected chi connectivity index (χ1v) is 5.88. The highest BCUT2D eigenvalue weighted by atomic mass is 15.6. The molecule has 1 aromatic rings. The Balaban J connectivity index is 1.93. The molecule has 2 heterocycles. The van der Waals surface area contributed by atoms with Crippen LogP contribution in [-0.4, -0.2) is 33.3 Å². The van der Waals surface area contributed by atoms with Gasteiger partial charge in [0.05, 0.1) is 6.54 Å². The number of aromatic nitrogens is 4. The van der Waals surface area contributed by atoms with Gasteiger partial charge in [-0.15, -0.1) is 10.2 Å². The van der Waals surface area contributed by atoms with Gasteiger partial charge in [0, 0.05) is 12.5 Å². The molecule has 5 heteroatoms. The minimum absolute atomic E-state index is 0.467. The largest absolute Gasteiger partial charge is 0.316 e. The highest BCUT2D eigenvalue weighted by Crippen LogP contribution is 2.18. The topological polar surface area (TPSA) is 55.6 Å². The highest BCUT2D eigenvalue weighted by molar-refractivity contribution is 4.94. The number of nitrogens with zero attached hydrogens (tertiary/aromatic N) is 4. The second-order valence-corrected chi connectivity index (χ2v) is 4.14. The number of piperidine rings is 1. The second-order valence-electron chi connectivity index (χ2n) is 4.14. The van der Waals surface area contributed by atoms with Gasteiger partial charge in [-0.05, 0) is 31.0 Å². The van der Waals surface area contributed by atoms with E-state index in [0.29, 0.717) is 5.92 Å². The van der Waals surface area contributed by atoms with Crippen LogP contribution in [0.15, 0.2) is 0 Å². The highest BCUT2D eigenvalue weighted by Gasteiger charge is 2.19. The average Bonchev–Trinajstić information content (AvgIpc) is 2.76. The van der Waals surface area contributed by atoms with Crippen molar-refractivity contribution in [2.45, 2.75) is 45.1 Å². The maximum Gasteiger partial charge on any atom is 0.179 e. The zero-order chi connectivity index (χ0) is 10.5. The standard InChI is InChI=1S/C10H19N5/c1-2-3-7-15-13-10(12-14-15)9-5-4-6-11-8-9/h9,11H,2-8H2,1H3. The number of hydrogen-bond acceptors (Lipinski definition) is 4. The van der Waals surface area contributed by atoms with Crippen LogP contribution in [0, 0.1) is 0 Å². The molecule has 1 atom stereocenters. The van der Waals surface area contributed by atoms with Crippen LogP contribution in [0.2, 0.25) is 0 Å². The van der Waals surface area contributed by atoms with E-state index in [0.717, 1.165) is 31.9 Å². The minimum Gasteiger partial charge on any atom is -0.316 e. The second kappa shape index (κ2) is 5.21. The Morgan fingerprint density at radius 1 is 1.53 bits per heavy atom. The Morgan fingerprint density at radius 3 is 3.20 bits per heavy atom. The van der Waals surface area contributed by atoms with E-state index < -0.39 is 0 Å². The first-order valence-electron chi connectivity index (χ1n) is 5.88. The Bertz CT molecular complexity index is 290. The number of unbranched alkanes of at least 4 members (excludes halogenated alkanes) is 1. The molecular weight excluding hydrogens is 190 g/mol. The Kier molecular flexibility index (Phi) is 3.66. The van der Waals surface area contributed by atoms with Crippen molar-refractivity contribution >= 4 is 0 Å². The summed E-state index contributed by atoms with van der Waals surface area (Å²) in [5, 5.41) is 16.0. The first kappa shape index (κ1) is 10.5. The van der Waals surface area contributed by atoms with Gasteiger partial charge < -0.3 is 5.32 Å². The van der Waals surface area contributed by atoms with Crippen molar-refractivity contribution in [3.05, 3.63) is 5.82 Å². The number of hydrogen-bond donors (Lipinski definition) is 1. The predicted octanol–water partition coefficient (Wildman–Crippen LogP) is 0.940. The maximum atomic E-state index is 4.43. The lowest BCUT2D eigenvalue weighted by molar-refractivity contribution is 0.441. The molecule has 0 saturated carbocycles. The van der Waals surface area contributed by atoms with Gasteiger partial charge >= 0.3 is 0 Å². The SMILES string of the molecule is CCCCn1nnc(C2CCCNC2)n1. The summed E-state index contributed by atoms with van der Waals surface area (Å²) in [5.41, 5.74) is 0. The zero-order valence-electron chi connectivity index (χ0n) is 9.32. The van der Waals surface area contributed by atoms with Crippen molar-refractivity contribution in [2.24, 2.45) is 0 Å². The molecule has 1 saturated heterocycles. The van der Waals surface area contributed by atoms with Crippen LogP contribution in [0.1, 0.15) is 44.3 Å². The quantitative estimate of drug-likeness (QED) is 0.802. The molecule has 0 radical (unpaired) electrons. The molecule has 15 heavy (non-hydrogen) atoms. The molecule has 1 unspecified atom stereocenters. The fraction of sp³-hybridized carbons (Fsp3) is 0.900. The molecule has 1 fully saturated rings. The van der Waals surface area contributed by atoms with E-state index in [1.807, 2.05) is 0 Å². The molecule has 84 valence electrons. The number of aryl methyl sites for hydroxylation is 1. The number of nitrogens with one attached hydrogen (secondary N) is 1. The third-order valence-corrected chi connectivity index (χ3v) is 2.84. The summed E-state index contributed by atoms with van der Waals surface area (Å²) in [6.45, 7) is 5.19. The average molecular weight is 209 g/mol. The molecule has 0 bridgehead atoms. The van der Waals surface area contributed by atoms with Crippen LogP contribution in [0.4, 0.5) is 0 Å². The Labute approximate surface area is 90.2 Å². The van der Waals surface area contributed by atoms with Gasteiger partial charge in [0.25, 0.3) is 0 Å². The van der Waals surface area contributed by atoms with Gasteiger partial charge in [-0.1, -0.05) is 13.3 Å². The fourth-order valence-electron chi connectivity index (χ4n) is 1.89. The van der Waals surface area contributed by atoms with Gasteiger partial charge in [-0.25, -0.2) is 0 Å². The molecule has 5 nitrogen and oxygen atoms in total. The lowest BCUT2D eigenvalue weighted by Crippen LogP contribution is -2.29. The monoisotopic (exact) mass is 209 g/mol. The van der Waals surface area contributed by atoms with E-state index in [1.165, 1.54) is 19.3 Å². The van der Waals surface area contributed by atoms with E-state index in [2.05, 4.69) is 27.7 Å². The molecular formula is C10H19N5. The van der Waals surface area contributed by atoms with Crippen molar-refractivity contribution in [2.75, 3.05) is 13.1 Å². The normalized spacial score (nSPS) is 21.8. The maximum absolute atomic E-state index is 4.43. The van der Waals surface area contributed by atoms with Crippen LogP contribution in [0.25, 0.3) is 0 Å². The molecule has 1 aliphatic rings. The summed E-state index contributed by atoms with van der Waals surface area (Å²) in [6, 6.07) is 0. The lowest BCUT2D eigenvalue weighted by atomic mass is 9.99. The van der Waals surface area contributed by atoms with Crippen LogP contribution < -0.4 is 5.32 Å².